The SMILES string of the molecule is Cc1ccc(-c2[c-]cccc2)nc1.[2H]C([2H])([2H])c1cnc(-c2[c-]ccc3c2oc2cc4sccc4cc23)cc1C([2H])([2H])[2H].[Ir]. The molecule has 4 heterocycles. The van der Waals surface area contributed by atoms with Crippen molar-refractivity contribution in [2.24, 2.45) is 0 Å². The second-order valence-electron chi connectivity index (χ2n) is 8.62. The van der Waals surface area contributed by atoms with Crippen molar-refractivity contribution in [3.63, 3.8) is 0 Å². The molecule has 0 N–H and O–H groups in total. The summed E-state index contributed by atoms with van der Waals surface area (Å²) < 4.78 is 53.5. The quantitative estimate of drug-likeness (QED) is 0.170. The predicted molar refractivity (Wildman–Crippen MR) is 154 cm³/mol. The van der Waals surface area contributed by atoms with Crippen LogP contribution in [-0.4, -0.2) is 9.97 Å². The van der Waals surface area contributed by atoms with Gasteiger partial charge < -0.3 is 14.4 Å². The zero-order valence-corrected chi connectivity index (χ0v) is 23.4. The number of aromatic nitrogens is 2. The van der Waals surface area contributed by atoms with Crippen LogP contribution in [0.2, 0.25) is 0 Å². The van der Waals surface area contributed by atoms with Crippen LogP contribution in [0, 0.1) is 32.8 Å². The normalized spacial score (nSPS) is 13.8. The number of nitrogens with zero attached hydrogens (tertiary/aromatic N) is 2. The summed E-state index contributed by atoms with van der Waals surface area (Å²) in [6.07, 6.45) is 2.99. The van der Waals surface area contributed by atoms with Gasteiger partial charge in [-0.3, -0.25) is 0 Å². The number of pyridine rings is 2. The van der Waals surface area contributed by atoms with Crippen LogP contribution in [0.1, 0.15) is 24.9 Å². The fourth-order valence-electron chi connectivity index (χ4n) is 4.16. The summed E-state index contributed by atoms with van der Waals surface area (Å²) in [6.45, 7) is -3.13. The molecule has 0 aliphatic rings. The topological polar surface area (TPSA) is 38.9 Å². The van der Waals surface area contributed by atoms with Gasteiger partial charge in [-0.15, -0.1) is 65.4 Å². The molecule has 0 bridgehead atoms. The van der Waals surface area contributed by atoms with E-state index in [9.17, 15) is 0 Å². The van der Waals surface area contributed by atoms with Gasteiger partial charge in [0.2, 0.25) is 0 Å². The molecule has 5 heteroatoms. The van der Waals surface area contributed by atoms with Crippen molar-refractivity contribution >= 4 is 43.4 Å². The van der Waals surface area contributed by atoms with E-state index in [4.69, 9.17) is 12.6 Å². The minimum atomic E-state index is -2.59. The predicted octanol–water partition coefficient (Wildman–Crippen LogP) is 9.13. The number of rotatable bonds is 2. The van der Waals surface area contributed by atoms with Crippen molar-refractivity contribution in [1.82, 2.24) is 9.97 Å². The zero-order valence-electron chi connectivity index (χ0n) is 26.2. The summed E-state index contributed by atoms with van der Waals surface area (Å²) in [5.41, 5.74) is 4.74. The van der Waals surface area contributed by atoms with Crippen LogP contribution in [0.3, 0.4) is 0 Å². The molecule has 1 radical (unpaired) electrons. The molecule has 7 rings (SSSR count). The number of aryl methyl sites for hydroxylation is 3. The van der Waals surface area contributed by atoms with Gasteiger partial charge in [-0.05, 0) is 72.1 Å². The molecule has 189 valence electrons. The Labute approximate surface area is 248 Å². The first-order valence-corrected chi connectivity index (χ1v) is 12.5. The van der Waals surface area contributed by atoms with E-state index in [2.05, 4.69) is 34.2 Å². The summed E-state index contributed by atoms with van der Waals surface area (Å²) in [4.78, 5) is 8.57. The van der Waals surface area contributed by atoms with Gasteiger partial charge in [0.05, 0.1) is 5.58 Å². The van der Waals surface area contributed by atoms with Gasteiger partial charge in [-0.25, -0.2) is 0 Å². The molecule has 3 aromatic carbocycles. The molecule has 0 saturated heterocycles. The van der Waals surface area contributed by atoms with E-state index in [0.717, 1.165) is 43.9 Å². The fraction of sp³-hybridized carbons (Fsp3) is 0.0909. The van der Waals surface area contributed by atoms with E-state index in [1.165, 1.54) is 11.6 Å². The van der Waals surface area contributed by atoms with Crippen molar-refractivity contribution in [2.45, 2.75) is 20.6 Å². The molecule has 38 heavy (non-hydrogen) atoms. The van der Waals surface area contributed by atoms with Crippen molar-refractivity contribution in [2.75, 3.05) is 0 Å². The van der Waals surface area contributed by atoms with Crippen molar-refractivity contribution in [3.05, 3.63) is 119 Å². The van der Waals surface area contributed by atoms with Gasteiger partial charge in [-0.2, -0.15) is 0 Å². The smallest absolute Gasteiger partial charge is 0.122 e. The molecule has 0 spiro atoms. The van der Waals surface area contributed by atoms with Crippen LogP contribution in [0.5, 0.6) is 0 Å². The van der Waals surface area contributed by atoms with Crippen molar-refractivity contribution < 1.29 is 32.7 Å². The van der Waals surface area contributed by atoms with Gasteiger partial charge in [0.25, 0.3) is 0 Å². The van der Waals surface area contributed by atoms with Gasteiger partial charge in [0.15, 0.2) is 0 Å². The molecular formula is C33H24IrN2OS-2. The maximum Gasteiger partial charge on any atom is 0.122 e. The first-order valence-electron chi connectivity index (χ1n) is 14.6. The Morgan fingerprint density at radius 2 is 1.74 bits per heavy atom. The largest absolute Gasteiger partial charge is 0.501 e. The van der Waals surface area contributed by atoms with Gasteiger partial charge >= 0.3 is 0 Å². The summed E-state index contributed by atoms with van der Waals surface area (Å²) in [6, 6.07) is 29.2. The van der Waals surface area contributed by atoms with E-state index < -0.39 is 13.7 Å². The van der Waals surface area contributed by atoms with Gasteiger partial charge in [0, 0.05) is 50.8 Å². The Morgan fingerprint density at radius 3 is 2.53 bits per heavy atom. The molecule has 4 aromatic heterocycles. The van der Waals surface area contributed by atoms with Gasteiger partial charge in [-0.1, -0.05) is 34.7 Å². The average Bonchev–Trinajstić information content (AvgIpc) is 3.59. The second-order valence-corrected chi connectivity index (χ2v) is 9.56. The number of fused-ring (bicyclic) bond motifs is 4. The molecule has 0 atom stereocenters. The number of hydrogen-bond acceptors (Lipinski definition) is 4. The van der Waals surface area contributed by atoms with Crippen LogP contribution < -0.4 is 0 Å². The third kappa shape index (κ3) is 5.06. The first-order chi connectivity index (χ1) is 20.5. The average molecular weight is 695 g/mol. The van der Waals surface area contributed by atoms with Crippen LogP contribution in [-0.2, 0) is 20.1 Å². The van der Waals surface area contributed by atoms with Crippen molar-refractivity contribution in [1.29, 1.82) is 0 Å². The van der Waals surface area contributed by atoms with E-state index in [1.54, 1.807) is 17.4 Å². The van der Waals surface area contributed by atoms with Crippen LogP contribution in [0.15, 0.2) is 95.0 Å². The fourth-order valence-corrected chi connectivity index (χ4v) is 4.96. The molecule has 0 amide bonds. The Balaban J connectivity index is 0.000000230. The maximum atomic E-state index is 7.79. The number of hydrogen-bond donors (Lipinski definition) is 0. The molecule has 0 fully saturated rings. The molecule has 0 aliphatic carbocycles. The molecule has 3 nitrogen and oxygen atoms in total. The monoisotopic (exact) mass is 695 g/mol. The molecule has 0 unspecified atom stereocenters. The number of thiophene rings is 1. The first kappa shape index (κ1) is 19.4. The van der Waals surface area contributed by atoms with E-state index in [0.29, 0.717) is 16.8 Å². The Hall–Kier alpha value is -3.63. The van der Waals surface area contributed by atoms with Gasteiger partial charge in [0.1, 0.15) is 5.58 Å². The van der Waals surface area contributed by atoms with Crippen LogP contribution >= 0.6 is 11.3 Å². The molecule has 7 aromatic rings. The van der Waals surface area contributed by atoms with E-state index in [1.807, 2.05) is 67.0 Å². The van der Waals surface area contributed by atoms with E-state index >= 15 is 0 Å². The number of furan rings is 1. The summed E-state index contributed by atoms with van der Waals surface area (Å²) in [5.74, 6) is 0. The maximum absolute atomic E-state index is 7.79. The third-order valence-electron chi connectivity index (χ3n) is 6.06. The van der Waals surface area contributed by atoms with Crippen LogP contribution in [0.4, 0.5) is 0 Å². The summed E-state index contributed by atoms with van der Waals surface area (Å²) in [7, 11) is 0. The minimum Gasteiger partial charge on any atom is -0.501 e. The molecule has 0 aliphatic heterocycles. The molecular weight excluding hydrogens is 665 g/mol. The second kappa shape index (κ2) is 11.0. The Bertz CT molecular complexity index is 2070. The Morgan fingerprint density at radius 1 is 0.842 bits per heavy atom. The summed E-state index contributed by atoms with van der Waals surface area (Å²) in [5, 5.41) is 4.96. The van der Waals surface area contributed by atoms with Crippen molar-refractivity contribution in [3.8, 4) is 22.5 Å². The standard InChI is InChI=1S/C21H14NOS.C12H10N.Ir/c1-12-8-18(22-11-13(12)2)16-5-3-4-15-17-9-14-6-7-24-20(14)10-19(17)23-21(15)16;1-10-7-8-12(13-9-10)11-5-3-2-4-6-11;/h3-4,6-11H,1-2H3;2-5,7-9H,1H3;/q2*-1;/i1D3,2D3;;. The number of benzene rings is 3. The van der Waals surface area contributed by atoms with Crippen LogP contribution in [0.25, 0.3) is 54.5 Å². The van der Waals surface area contributed by atoms with E-state index in [-0.39, 0.29) is 31.2 Å². The Kier molecular flexibility index (Phi) is 5.63. The third-order valence-corrected chi connectivity index (χ3v) is 6.94. The summed E-state index contributed by atoms with van der Waals surface area (Å²) >= 11 is 1.63. The molecule has 0 saturated carbocycles. The minimum absolute atomic E-state index is 0. The zero-order chi connectivity index (χ0) is 30.4.